The van der Waals surface area contributed by atoms with Gasteiger partial charge in [-0.15, -0.1) is 11.3 Å². The van der Waals surface area contributed by atoms with Gasteiger partial charge in [-0.25, -0.2) is 4.98 Å². The van der Waals surface area contributed by atoms with Crippen molar-refractivity contribution in [3.8, 4) is 11.3 Å². The Morgan fingerprint density at radius 2 is 2.04 bits per heavy atom. The highest BCUT2D eigenvalue weighted by molar-refractivity contribution is 7.15. The molecule has 1 aromatic carbocycles. The third kappa shape index (κ3) is 3.33. The van der Waals surface area contributed by atoms with Crippen molar-refractivity contribution in [2.24, 2.45) is 0 Å². The molecule has 1 N–H and O–H groups in total. The van der Waals surface area contributed by atoms with E-state index in [4.69, 9.17) is 0 Å². The molecule has 0 aliphatic heterocycles. The minimum atomic E-state index is -0.113. The number of hydrogen-bond acceptors (Lipinski definition) is 5. The van der Waals surface area contributed by atoms with E-state index in [1.165, 1.54) is 0 Å². The second-order valence-electron chi connectivity index (χ2n) is 5.89. The largest absolute Gasteiger partial charge is 0.326 e. The van der Waals surface area contributed by atoms with Gasteiger partial charge in [0.25, 0.3) is 0 Å². The highest BCUT2D eigenvalue weighted by Crippen LogP contribution is 2.23. The number of amides is 1. The number of anilines is 1. The normalized spacial score (nSPS) is 11.1. The van der Waals surface area contributed by atoms with Gasteiger partial charge in [0.15, 0.2) is 4.96 Å². The summed E-state index contributed by atoms with van der Waals surface area (Å²) in [7, 11) is 0. The Balaban J connectivity index is 1.40. The molecular formula is C18H16N4O2S2. The summed E-state index contributed by atoms with van der Waals surface area (Å²) in [5.41, 5.74) is 3.52. The van der Waals surface area contributed by atoms with Crippen LogP contribution >= 0.6 is 22.7 Å². The number of aromatic nitrogens is 3. The minimum absolute atomic E-state index is 0.0281. The summed E-state index contributed by atoms with van der Waals surface area (Å²) in [6.45, 7) is 2.26. The first-order valence-electron chi connectivity index (χ1n) is 8.07. The molecule has 0 aliphatic rings. The van der Waals surface area contributed by atoms with Crippen LogP contribution in [0.4, 0.5) is 5.69 Å². The number of rotatable bonds is 5. The Morgan fingerprint density at radius 1 is 1.23 bits per heavy atom. The summed E-state index contributed by atoms with van der Waals surface area (Å²) in [5, 5.41) is 6.67. The van der Waals surface area contributed by atoms with Gasteiger partial charge in [0.05, 0.1) is 5.69 Å². The van der Waals surface area contributed by atoms with Crippen LogP contribution in [0, 0.1) is 6.92 Å². The molecule has 3 aromatic heterocycles. The van der Waals surface area contributed by atoms with E-state index in [2.05, 4.69) is 10.3 Å². The summed E-state index contributed by atoms with van der Waals surface area (Å²) in [5.74, 6) is -0.113. The van der Waals surface area contributed by atoms with E-state index < -0.39 is 0 Å². The van der Waals surface area contributed by atoms with Crippen molar-refractivity contribution in [2.75, 3.05) is 5.32 Å². The van der Waals surface area contributed by atoms with E-state index in [1.807, 2.05) is 53.4 Å². The summed E-state index contributed by atoms with van der Waals surface area (Å²) in [6.07, 6.45) is 4.22. The first-order valence-corrected chi connectivity index (χ1v) is 9.83. The van der Waals surface area contributed by atoms with Crippen LogP contribution in [0.25, 0.3) is 16.2 Å². The third-order valence-corrected chi connectivity index (χ3v) is 5.75. The average molecular weight is 384 g/mol. The maximum atomic E-state index is 12.1. The first-order chi connectivity index (χ1) is 12.6. The van der Waals surface area contributed by atoms with Crippen LogP contribution in [-0.4, -0.2) is 19.9 Å². The lowest BCUT2D eigenvalue weighted by atomic mass is 10.1. The van der Waals surface area contributed by atoms with Gasteiger partial charge in [-0.2, -0.15) is 0 Å². The number of nitrogens with zero attached hydrogens (tertiary/aromatic N) is 3. The number of fused-ring (bicyclic) bond motifs is 1. The molecule has 132 valence electrons. The fourth-order valence-electron chi connectivity index (χ4n) is 2.70. The lowest BCUT2D eigenvalue weighted by Crippen LogP contribution is -2.20. The third-order valence-electron chi connectivity index (χ3n) is 4.10. The molecule has 6 nitrogen and oxygen atoms in total. The lowest BCUT2D eigenvalue weighted by molar-refractivity contribution is -0.116. The molecule has 8 heteroatoms. The standard InChI is InChI=1S/C18H16N4O2S2/c1-12-11-26-18(24)22(12)7-6-16(23)19-14-4-2-13(3-5-14)15-10-21-8-9-25-17(21)20-15/h2-5,8-11H,6-7H2,1H3,(H,19,23). The van der Waals surface area contributed by atoms with Gasteiger partial charge in [-0.05, 0) is 19.1 Å². The smallest absolute Gasteiger partial charge is 0.307 e. The van der Waals surface area contributed by atoms with E-state index in [-0.39, 0.29) is 17.2 Å². The van der Waals surface area contributed by atoms with E-state index in [1.54, 1.807) is 21.3 Å². The Labute approximate surface area is 157 Å². The van der Waals surface area contributed by atoms with E-state index in [0.29, 0.717) is 6.54 Å². The summed E-state index contributed by atoms with van der Waals surface area (Å²) < 4.78 is 3.61. The van der Waals surface area contributed by atoms with Crippen molar-refractivity contribution in [1.82, 2.24) is 14.0 Å². The predicted octanol–water partition coefficient (Wildman–Crippen LogP) is 3.62. The number of carbonyl (C=O) groups is 1. The number of carbonyl (C=O) groups excluding carboxylic acids is 1. The fourth-order valence-corrected chi connectivity index (χ4v) is 4.16. The second-order valence-corrected chi connectivity index (χ2v) is 7.58. The Bertz CT molecular complexity index is 1090. The predicted molar refractivity (Wildman–Crippen MR) is 105 cm³/mol. The van der Waals surface area contributed by atoms with Gasteiger partial charge in [0.1, 0.15) is 0 Å². The monoisotopic (exact) mass is 384 g/mol. The molecule has 0 spiro atoms. The molecule has 0 unspecified atom stereocenters. The van der Waals surface area contributed by atoms with Gasteiger partial charge in [-0.3, -0.25) is 14.0 Å². The average Bonchev–Trinajstić information content (AvgIpc) is 3.30. The van der Waals surface area contributed by atoms with Crippen molar-refractivity contribution in [1.29, 1.82) is 0 Å². The van der Waals surface area contributed by atoms with Crippen LogP contribution in [0.1, 0.15) is 12.1 Å². The van der Waals surface area contributed by atoms with Gasteiger partial charge in [0, 0.05) is 53.1 Å². The number of thiazole rings is 2. The number of nitrogens with one attached hydrogen (secondary N) is 1. The van der Waals surface area contributed by atoms with Crippen LogP contribution in [0.2, 0.25) is 0 Å². The molecular weight excluding hydrogens is 368 g/mol. The molecule has 0 fully saturated rings. The number of benzene rings is 1. The van der Waals surface area contributed by atoms with E-state index >= 15 is 0 Å². The van der Waals surface area contributed by atoms with Crippen LogP contribution < -0.4 is 10.2 Å². The van der Waals surface area contributed by atoms with Gasteiger partial charge in [-0.1, -0.05) is 23.5 Å². The Hall–Kier alpha value is -2.71. The minimum Gasteiger partial charge on any atom is -0.326 e. The number of imidazole rings is 1. The molecule has 0 radical (unpaired) electrons. The quantitative estimate of drug-likeness (QED) is 0.571. The zero-order valence-corrected chi connectivity index (χ0v) is 15.6. The summed E-state index contributed by atoms with van der Waals surface area (Å²) in [4.78, 5) is 29.3. The van der Waals surface area contributed by atoms with Crippen molar-refractivity contribution in [2.45, 2.75) is 19.9 Å². The Kier molecular flexibility index (Phi) is 4.44. The molecule has 1 amide bonds. The molecule has 4 rings (SSSR count). The topological polar surface area (TPSA) is 68.4 Å². The molecule has 26 heavy (non-hydrogen) atoms. The van der Waals surface area contributed by atoms with Gasteiger partial charge < -0.3 is 9.88 Å². The molecule has 0 bridgehead atoms. The van der Waals surface area contributed by atoms with Crippen LogP contribution in [0.5, 0.6) is 0 Å². The second kappa shape index (κ2) is 6.89. The van der Waals surface area contributed by atoms with Gasteiger partial charge in [0.2, 0.25) is 5.91 Å². The highest BCUT2D eigenvalue weighted by Gasteiger charge is 2.08. The van der Waals surface area contributed by atoms with Crippen LogP contribution in [0.3, 0.4) is 0 Å². The molecule has 0 atom stereocenters. The first kappa shape index (κ1) is 16.7. The fraction of sp³-hybridized carbons (Fsp3) is 0.167. The Morgan fingerprint density at radius 3 is 2.73 bits per heavy atom. The maximum Gasteiger partial charge on any atom is 0.307 e. The number of aryl methyl sites for hydroxylation is 1. The molecule has 4 aromatic rings. The summed E-state index contributed by atoms with van der Waals surface area (Å²) in [6, 6.07) is 7.61. The highest BCUT2D eigenvalue weighted by atomic mass is 32.1. The maximum absolute atomic E-state index is 12.1. The van der Waals surface area contributed by atoms with Crippen molar-refractivity contribution >= 4 is 39.2 Å². The summed E-state index contributed by atoms with van der Waals surface area (Å²) >= 11 is 2.75. The molecule has 0 saturated heterocycles. The lowest BCUT2D eigenvalue weighted by Gasteiger charge is -2.07. The molecule has 0 aliphatic carbocycles. The van der Waals surface area contributed by atoms with Crippen LogP contribution in [-0.2, 0) is 11.3 Å². The SMILES string of the molecule is Cc1csc(=O)n1CCC(=O)Nc1ccc(-c2cn3ccsc3n2)cc1. The zero-order chi connectivity index (χ0) is 18.1. The van der Waals surface area contributed by atoms with Crippen molar-refractivity contribution < 1.29 is 4.79 Å². The van der Waals surface area contributed by atoms with E-state index in [0.717, 1.165) is 38.9 Å². The molecule has 3 heterocycles. The van der Waals surface area contributed by atoms with Crippen molar-refractivity contribution in [3.63, 3.8) is 0 Å². The number of hydrogen-bond donors (Lipinski definition) is 1. The molecule has 0 saturated carbocycles. The van der Waals surface area contributed by atoms with E-state index in [9.17, 15) is 9.59 Å². The van der Waals surface area contributed by atoms with Crippen molar-refractivity contribution in [3.05, 3.63) is 62.8 Å². The van der Waals surface area contributed by atoms with Crippen LogP contribution in [0.15, 0.2) is 52.2 Å². The zero-order valence-electron chi connectivity index (χ0n) is 14.0. The van der Waals surface area contributed by atoms with Gasteiger partial charge >= 0.3 is 4.87 Å².